The molecule has 0 saturated carbocycles. The summed E-state index contributed by atoms with van der Waals surface area (Å²) in [6, 6.07) is 7.72. The molecular weight excluding hydrogens is 330 g/mol. The number of amides is 1. The van der Waals surface area contributed by atoms with Crippen LogP contribution in [0.3, 0.4) is 0 Å². The van der Waals surface area contributed by atoms with Crippen molar-refractivity contribution in [1.29, 1.82) is 0 Å². The molecule has 1 N–H and O–H groups in total. The summed E-state index contributed by atoms with van der Waals surface area (Å²) in [5.74, 6) is 0.578. The van der Waals surface area contributed by atoms with Gasteiger partial charge in [-0.1, -0.05) is 26.0 Å². The second-order valence-corrected chi connectivity index (χ2v) is 7.19. The van der Waals surface area contributed by atoms with Gasteiger partial charge in [0.15, 0.2) is 0 Å². The lowest BCUT2D eigenvalue weighted by molar-refractivity contribution is 0.0384. The van der Waals surface area contributed by atoms with Crippen molar-refractivity contribution in [1.82, 2.24) is 24.6 Å². The first-order chi connectivity index (χ1) is 12.6. The van der Waals surface area contributed by atoms with Crippen LogP contribution in [0.15, 0.2) is 36.9 Å². The van der Waals surface area contributed by atoms with Gasteiger partial charge in [0, 0.05) is 38.8 Å². The Morgan fingerprint density at radius 2 is 1.96 bits per heavy atom. The van der Waals surface area contributed by atoms with Crippen molar-refractivity contribution >= 4 is 5.91 Å². The first-order valence-corrected chi connectivity index (χ1v) is 9.18. The summed E-state index contributed by atoms with van der Waals surface area (Å²) in [7, 11) is 0. The molecule has 7 nitrogen and oxygen atoms in total. The number of carbonyl (C=O) groups excluding carboxylic acids is 1. The SMILES string of the molecule is CC(C)CN1CCN(C(=O)c2ccccc2-n2cnnc2)C[C@H]1CCO. The first-order valence-electron chi connectivity index (χ1n) is 9.18. The second kappa shape index (κ2) is 8.42. The fraction of sp³-hybridized carbons (Fsp3) is 0.526. The van der Waals surface area contributed by atoms with E-state index in [-0.39, 0.29) is 18.6 Å². The molecule has 140 valence electrons. The minimum Gasteiger partial charge on any atom is -0.396 e. The lowest BCUT2D eigenvalue weighted by Crippen LogP contribution is -2.55. The summed E-state index contributed by atoms with van der Waals surface area (Å²) < 4.78 is 1.76. The molecule has 0 radical (unpaired) electrons. The Labute approximate surface area is 154 Å². The molecule has 1 atom stereocenters. The number of piperazine rings is 1. The Bertz CT molecular complexity index is 716. The van der Waals surface area contributed by atoms with E-state index in [2.05, 4.69) is 28.9 Å². The zero-order valence-electron chi connectivity index (χ0n) is 15.5. The highest BCUT2D eigenvalue weighted by Gasteiger charge is 2.30. The van der Waals surface area contributed by atoms with Gasteiger partial charge in [0.1, 0.15) is 12.7 Å². The first kappa shape index (κ1) is 18.5. The third-order valence-corrected chi connectivity index (χ3v) is 4.79. The highest BCUT2D eigenvalue weighted by Crippen LogP contribution is 2.20. The molecule has 1 fully saturated rings. The van der Waals surface area contributed by atoms with Gasteiger partial charge in [-0.25, -0.2) is 0 Å². The molecule has 2 heterocycles. The maximum Gasteiger partial charge on any atom is 0.256 e. The van der Waals surface area contributed by atoms with Crippen LogP contribution >= 0.6 is 0 Å². The van der Waals surface area contributed by atoms with E-state index in [0.29, 0.717) is 31.0 Å². The monoisotopic (exact) mass is 357 g/mol. The van der Waals surface area contributed by atoms with Crippen molar-refractivity contribution < 1.29 is 9.90 Å². The van der Waals surface area contributed by atoms with Gasteiger partial charge in [-0.15, -0.1) is 10.2 Å². The number of aliphatic hydroxyl groups is 1. The number of nitrogens with zero attached hydrogens (tertiary/aromatic N) is 5. The Kier molecular flexibility index (Phi) is 6.00. The number of rotatable bonds is 6. The number of carbonyl (C=O) groups is 1. The molecule has 1 aromatic carbocycles. The van der Waals surface area contributed by atoms with Crippen molar-refractivity contribution in [2.75, 3.05) is 32.8 Å². The van der Waals surface area contributed by atoms with Crippen LogP contribution in [-0.2, 0) is 0 Å². The van der Waals surface area contributed by atoms with Crippen molar-refractivity contribution in [3.8, 4) is 5.69 Å². The second-order valence-electron chi connectivity index (χ2n) is 7.19. The largest absolute Gasteiger partial charge is 0.396 e. The molecule has 1 aromatic heterocycles. The zero-order chi connectivity index (χ0) is 18.5. The van der Waals surface area contributed by atoms with E-state index in [9.17, 15) is 9.90 Å². The summed E-state index contributed by atoms with van der Waals surface area (Å²) in [5, 5.41) is 17.1. The normalized spacial score (nSPS) is 18.5. The van der Waals surface area contributed by atoms with Crippen LogP contribution in [0.25, 0.3) is 5.69 Å². The fourth-order valence-corrected chi connectivity index (χ4v) is 3.58. The predicted octanol–water partition coefficient (Wildman–Crippen LogP) is 1.43. The summed E-state index contributed by atoms with van der Waals surface area (Å²) in [6.45, 7) is 7.70. The molecule has 2 aromatic rings. The Morgan fingerprint density at radius 1 is 1.23 bits per heavy atom. The van der Waals surface area contributed by atoms with Crippen LogP contribution in [0.4, 0.5) is 0 Å². The molecule has 26 heavy (non-hydrogen) atoms. The lowest BCUT2D eigenvalue weighted by atomic mass is 10.0. The van der Waals surface area contributed by atoms with Gasteiger partial charge in [0.2, 0.25) is 0 Å². The van der Waals surface area contributed by atoms with Gasteiger partial charge in [0.25, 0.3) is 5.91 Å². The Morgan fingerprint density at radius 3 is 2.65 bits per heavy atom. The Hall–Kier alpha value is -2.25. The minimum absolute atomic E-state index is 0.0152. The van der Waals surface area contributed by atoms with E-state index in [0.717, 1.165) is 18.8 Å². The van der Waals surface area contributed by atoms with Crippen molar-refractivity contribution in [2.45, 2.75) is 26.3 Å². The quantitative estimate of drug-likeness (QED) is 0.847. The molecule has 7 heteroatoms. The van der Waals surface area contributed by atoms with Gasteiger partial charge in [-0.3, -0.25) is 14.3 Å². The van der Waals surface area contributed by atoms with E-state index >= 15 is 0 Å². The van der Waals surface area contributed by atoms with E-state index in [1.54, 1.807) is 17.2 Å². The molecule has 1 aliphatic heterocycles. The number of para-hydroxylation sites is 1. The van der Waals surface area contributed by atoms with Crippen molar-refractivity contribution in [3.05, 3.63) is 42.5 Å². The molecule has 0 unspecified atom stereocenters. The predicted molar refractivity (Wildman–Crippen MR) is 99.2 cm³/mol. The van der Waals surface area contributed by atoms with E-state index in [1.807, 2.05) is 29.2 Å². The van der Waals surface area contributed by atoms with E-state index in [1.165, 1.54) is 0 Å². The maximum atomic E-state index is 13.2. The summed E-state index contributed by atoms with van der Waals surface area (Å²) in [6.07, 6.45) is 3.88. The average molecular weight is 357 g/mol. The average Bonchev–Trinajstić information content (AvgIpc) is 3.17. The lowest BCUT2D eigenvalue weighted by Gasteiger charge is -2.42. The van der Waals surface area contributed by atoms with Gasteiger partial charge in [-0.05, 0) is 24.5 Å². The highest BCUT2D eigenvalue weighted by atomic mass is 16.3. The molecular formula is C19H27N5O2. The molecule has 0 spiro atoms. The van der Waals surface area contributed by atoms with Gasteiger partial charge in [0.05, 0.1) is 11.3 Å². The van der Waals surface area contributed by atoms with E-state index < -0.39 is 0 Å². The molecule has 1 saturated heterocycles. The van der Waals surface area contributed by atoms with Crippen LogP contribution in [0.2, 0.25) is 0 Å². The van der Waals surface area contributed by atoms with Gasteiger partial charge >= 0.3 is 0 Å². The molecule has 3 rings (SSSR count). The smallest absolute Gasteiger partial charge is 0.256 e. The highest BCUT2D eigenvalue weighted by molar-refractivity contribution is 5.97. The topological polar surface area (TPSA) is 74.5 Å². The van der Waals surface area contributed by atoms with Crippen LogP contribution in [0, 0.1) is 5.92 Å². The van der Waals surface area contributed by atoms with Crippen LogP contribution in [0.5, 0.6) is 0 Å². The molecule has 1 amide bonds. The molecule has 0 bridgehead atoms. The maximum absolute atomic E-state index is 13.2. The Balaban J connectivity index is 1.79. The van der Waals surface area contributed by atoms with Crippen LogP contribution in [-0.4, -0.2) is 74.4 Å². The zero-order valence-corrected chi connectivity index (χ0v) is 15.5. The summed E-state index contributed by atoms with van der Waals surface area (Å²) >= 11 is 0. The minimum atomic E-state index is 0.0152. The van der Waals surface area contributed by atoms with Crippen LogP contribution < -0.4 is 0 Å². The van der Waals surface area contributed by atoms with Gasteiger partial charge < -0.3 is 10.0 Å². The summed E-state index contributed by atoms with van der Waals surface area (Å²) in [5.41, 5.74) is 1.43. The van der Waals surface area contributed by atoms with Gasteiger partial charge in [-0.2, -0.15) is 0 Å². The number of hydrogen-bond acceptors (Lipinski definition) is 5. The third-order valence-electron chi connectivity index (χ3n) is 4.79. The number of benzene rings is 1. The fourth-order valence-electron chi connectivity index (χ4n) is 3.58. The number of hydrogen-bond donors (Lipinski definition) is 1. The van der Waals surface area contributed by atoms with Crippen molar-refractivity contribution in [2.24, 2.45) is 5.92 Å². The summed E-state index contributed by atoms with van der Waals surface area (Å²) in [4.78, 5) is 17.5. The van der Waals surface area contributed by atoms with Crippen molar-refractivity contribution in [3.63, 3.8) is 0 Å². The molecule has 0 aliphatic carbocycles. The molecule has 1 aliphatic rings. The van der Waals surface area contributed by atoms with Crippen LogP contribution in [0.1, 0.15) is 30.6 Å². The standard InChI is InChI=1S/C19H27N5O2/c1-15(2)11-22-8-9-23(12-16(22)7-10-25)19(26)17-5-3-4-6-18(17)24-13-20-21-14-24/h3-6,13-16,25H,7-12H2,1-2H3/t16-/m1/s1. The number of aromatic nitrogens is 3. The third kappa shape index (κ3) is 4.11. The van der Waals surface area contributed by atoms with E-state index in [4.69, 9.17) is 0 Å². The number of aliphatic hydroxyl groups excluding tert-OH is 1.